The Morgan fingerprint density at radius 1 is 1.15 bits per heavy atom. The van der Waals surface area contributed by atoms with Crippen LogP contribution in [0.5, 0.6) is 5.75 Å². The average Bonchev–Trinajstić information content (AvgIpc) is 2.77. The highest BCUT2D eigenvalue weighted by molar-refractivity contribution is 6.30. The molecule has 1 aromatic carbocycles. The second-order valence-electron chi connectivity index (χ2n) is 5.31. The molecule has 0 saturated heterocycles. The Bertz CT molecular complexity index is 589. The molecular weight excluding hydrogens is 276 g/mol. The van der Waals surface area contributed by atoms with E-state index in [1.165, 1.54) is 31.7 Å². The van der Waals surface area contributed by atoms with E-state index >= 15 is 0 Å². The maximum atomic E-state index is 9.87. The molecule has 3 rings (SSSR count). The topological polar surface area (TPSA) is 59.2 Å². The van der Waals surface area contributed by atoms with Crippen LogP contribution < -0.4 is 0 Å². The molecule has 0 bridgehead atoms. The van der Waals surface area contributed by atoms with Crippen molar-refractivity contribution in [2.24, 2.45) is 0 Å². The summed E-state index contributed by atoms with van der Waals surface area (Å²) < 4.78 is 5.30. The Morgan fingerprint density at radius 2 is 1.90 bits per heavy atom. The van der Waals surface area contributed by atoms with Gasteiger partial charge in [-0.15, -0.1) is 0 Å². The number of nitrogens with zero attached hydrogens (tertiary/aromatic N) is 2. The molecule has 20 heavy (non-hydrogen) atoms. The molecule has 1 aliphatic carbocycles. The van der Waals surface area contributed by atoms with Crippen LogP contribution in [-0.2, 0) is 0 Å². The quantitative estimate of drug-likeness (QED) is 0.826. The third-order valence-electron chi connectivity index (χ3n) is 3.85. The molecule has 1 N–H and O–H groups in total. The molecule has 0 unspecified atom stereocenters. The van der Waals surface area contributed by atoms with Crippen LogP contribution in [-0.4, -0.2) is 15.2 Å². The van der Waals surface area contributed by atoms with Crippen molar-refractivity contribution >= 4 is 11.6 Å². The minimum absolute atomic E-state index is 0.102. The zero-order chi connectivity index (χ0) is 13.9. The summed E-state index contributed by atoms with van der Waals surface area (Å²) in [5.74, 6) is 1.56. The molecule has 1 heterocycles. The summed E-state index contributed by atoms with van der Waals surface area (Å²) in [5, 5.41) is 14.5. The van der Waals surface area contributed by atoms with Crippen LogP contribution in [0.25, 0.3) is 11.5 Å². The number of hydrogen-bond donors (Lipinski definition) is 1. The molecule has 106 valence electrons. The highest BCUT2D eigenvalue weighted by Crippen LogP contribution is 2.34. The van der Waals surface area contributed by atoms with Crippen LogP contribution in [0, 0.1) is 0 Å². The maximum absolute atomic E-state index is 9.87. The van der Waals surface area contributed by atoms with E-state index in [1.54, 1.807) is 12.1 Å². The predicted molar refractivity (Wildman–Crippen MR) is 76.9 cm³/mol. The number of aromatic nitrogens is 2. The smallest absolute Gasteiger partial charge is 0.261 e. The summed E-state index contributed by atoms with van der Waals surface area (Å²) in [6.07, 6.45) is 7.24. The first-order valence-electron chi connectivity index (χ1n) is 7.06. The maximum Gasteiger partial charge on any atom is 0.261 e. The molecule has 4 nitrogen and oxygen atoms in total. The van der Waals surface area contributed by atoms with Crippen molar-refractivity contribution in [1.82, 2.24) is 10.1 Å². The summed E-state index contributed by atoms with van der Waals surface area (Å²) in [6, 6.07) is 4.80. The van der Waals surface area contributed by atoms with Gasteiger partial charge < -0.3 is 9.63 Å². The zero-order valence-corrected chi connectivity index (χ0v) is 11.9. The number of phenols is 1. The van der Waals surface area contributed by atoms with Crippen molar-refractivity contribution in [3.05, 3.63) is 29.0 Å². The lowest BCUT2D eigenvalue weighted by molar-refractivity contribution is 0.406. The average molecular weight is 293 g/mol. The second kappa shape index (κ2) is 5.83. The lowest BCUT2D eigenvalue weighted by Crippen LogP contribution is -1.99. The predicted octanol–water partition coefficient (Wildman–Crippen LogP) is 4.53. The fourth-order valence-corrected chi connectivity index (χ4v) is 2.90. The molecule has 0 spiro atoms. The van der Waals surface area contributed by atoms with E-state index in [2.05, 4.69) is 10.1 Å². The molecule has 0 atom stereocenters. The van der Waals surface area contributed by atoms with Gasteiger partial charge in [-0.25, -0.2) is 0 Å². The molecule has 1 saturated carbocycles. The Hall–Kier alpha value is -1.55. The van der Waals surface area contributed by atoms with Crippen LogP contribution in [0.1, 0.15) is 50.3 Å². The molecule has 2 aromatic rings. The Morgan fingerprint density at radius 3 is 2.65 bits per heavy atom. The first kappa shape index (κ1) is 13.4. The van der Waals surface area contributed by atoms with Gasteiger partial charge in [-0.1, -0.05) is 42.4 Å². The Balaban J connectivity index is 1.87. The fraction of sp³-hybridized carbons (Fsp3) is 0.467. The largest absolute Gasteiger partial charge is 0.507 e. The Labute approximate surface area is 122 Å². The fourth-order valence-electron chi connectivity index (χ4n) is 2.73. The van der Waals surface area contributed by atoms with Gasteiger partial charge in [0.15, 0.2) is 5.82 Å². The summed E-state index contributed by atoms with van der Waals surface area (Å²) in [6.45, 7) is 0. The van der Waals surface area contributed by atoms with Crippen LogP contribution in [0.3, 0.4) is 0 Å². The minimum atomic E-state index is 0.102. The van der Waals surface area contributed by atoms with Crippen molar-refractivity contribution in [2.75, 3.05) is 0 Å². The van der Waals surface area contributed by atoms with Crippen molar-refractivity contribution in [1.29, 1.82) is 0 Å². The number of aromatic hydroxyl groups is 1. The third-order valence-corrected chi connectivity index (χ3v) is 4.09. The minimum Gasteiger partial charge on any atom is -0.507 e. The van der Waals surface area contributed by atoms with Crippen molar-refractivity contribution in [3.8, 4) is 17.2 Å². The first-order chi connectivity index (χ1) is 9.74. The van der Waals surface area contributed by atoms with E-state index in [0.717, 1.165) is 18.7 Å². The van der Waals surface area contributed by atoms with Crippen molar-refractivity contribution in [2.45, 2.75) is 44.4 Å². The number of rotatable bonds is 2. The van der Waals surface area contributed by atoms with Gasteiger partial charge in [0.05, 0.1) is 5.56 Å². The van der Waals surface area contributed by atoms with E-state index < -0.39 is 0 Å². The molecule has 1 fully saturated rings. The summed E-state index contributed by atoms with van der Waals surface area (Å²) in [4.78, 5) is 4.45. The van der Waals surface area contributed by atoms with Crippen LogP contribution in [0.4, 0.5) is 0 Å². The molecule has 1 aromatic heterocycles. The number of halogens is 1. The van der Waals surface area contributed by atoms with Crippen molar-refractivity contribution in [3.63, 3.8) is 0 Å². The summed E-state index contributed by atoms with van der Waals surface area (Å²) >= 11 is 5.94. The van der Waals surface area contributed by atoms with Gasteiger partial charge in [0.2, 0.25) is 0 Å². The van der Waals surface area contributed by atoms with Crippen LogP contribution in [0.15, 0.2) is 22.7 Å². The van der Waals surface area contributed by atoms with Gasteiger partial charge in [-0.3, -0.25) is 0 Å². The number of phenolic OH excluding ortho intramolecular Hbond substituents is 1. The standard InChI is InChI=1S/C15H17ClN2O2/c16-11-7-8-13(19)12(9-11)15-17-14(18-20-15)10-5-3-1-2-4-6-10/h7-10,19H,1-6H2. The lowest BCUT2D eigenvalue weighted by Gasteiger charge is -2.07. The van der Waals surface area contributed by atoms with Gasteiger partial charge in [0, 0.05) is 10.9 Å². The number of benzene rings is 1. The van der Waals surface area contributed by atoms with Crippen LogP contribution >= 0.6 is 11.6 Å². The molecule has 5 heteroatoms. The van der Waals surface area contributed by atoms with E-state index in [9.17, 15) is 5.11 Å². The second-order valence-corrected chi connectivity index (χ2v) is 5.74. The highest BCUT2D eigenvalue weighted by atomic mass is 35.5. The molecule has 0 amide bonds. The van der Waals surface area contributed by atoms with Crippen molar-refractivity contribution < 1.29 is 9.63 Å². The van der Waals surface area contributed by atoms with Gasteiger partial charge in [0.25, 0.3) is 5.89 Å². The normalized spacial score (nSPS) is 17.1. The zero-order valence-electron chi connectivity index (χ0n) is 11.2. The first-order valence-corrected chi connectivity index (χ1v) is 7.44. The van der Waals surface area contributed by atoms with E-state index in [4.69, 9.17) is 16.1 Å². The number of hydrogen-bond acceptors (Lipinski definition) is 4. The Kier molecular flexibility index (Phi) is 3.92. The molecular formula is C15H17ClN2O2. The third kappa shape index (κ3) is 2.80. The summed E-state index contributed by atoms with van der Waals surface area (Å²) in [7, 11) is 0. The summed E-state index contributed by atoms with van der Waals surface area (Å²) in [5.41, 5.74) is 0.491. The lowest BCUT2D eigenvalue weighted by atomic mass is 10.00. The van der Waals surface area contributed by atoms with Gasteiger partial charge >= 0.3 is 0 Å². The van der Waals surface area contributed by atoms with Gasteiger partial charge in [-0.05, 0) is 31.0 Å². The van der Waals surface area contributed by atoms with Gasteiger partial charge in [-0.2, -0.15) is 4.98 Å². The van der Waals surface area contributed by atoms with Crippen LogP contribution in [0.2, 0.25) is 5.02 Å². The SMILES string of the molecule is Oc1ccc(Cl)cc1-c1nc(C2CCCCCC2)no1. The molecule has 0 radical (unpaired) electrons. The van der Waals surface area contributed by atoms with E-state index in [1.807, 2.05) is 0 Å². The van der Waals surface area contributed by atoms with Gasteiger partial charge in [0.1, 0.15) is 5.75 Å². The molecule has 0 aliphatic heterocycles. The molecule has 1 aliphatic rings. The van der Waals surface area contributed by atoms with E-state index in [0.29, 0.717) is 22.4 Å². The van der Waals surface area contributed by atoms with E-state index in [-0.39, 0.29) is 5.75 Å². The monoisotopic (exact) mass is 292 g/mol. The highest BCUT2D eigenvalue weighted by Gasteiger charge is 2.21.